The van der Waals surface area contributed by atoms with E-state index < -0.39 is 35.3 Å². The monoisotopic (exact) mass is 508 g/mol. The van der Waals surface area contributed by atoms with Gasteiger partial charge >= 0.3 is 6.18 Å². The van der Waals surface area contributed by atoms with Crippen molar-refractivity contribution in [3.63, 3.8) is 0 Å². The molecule has 0 aromatic heterocycles. The van der Waals surface area contributed by atoms with Gasteiger partial charge in [-0.3, -0.25) is 15.0 Å². The molecule has 192 valence electrons. The minimum absolute atomic E-state index is 0.0966. The predicted molar refractivity (Wildman–Crippen MR) is 120 cm³/mol. The van der Waals surface area contributed by atoms with Gasteiger partial charge in [-0.25, -0.2) is 14.2 Å². The summed E-state index contributed by atoms with van der Waals surface area (Å²) in [6.07, 6.45) is -4.62. The summed E-state index contributed by atoms with van der Waals surface area (Å²) in [7, 11) is 0. The van der Waals surface area contributed by atoms with Crippen LogP contribution in [0.2, 0.25) is 0 Å². The van der Waals surface area contributed by atoms with Crippen molar-refractivity contribution >= 4 is 11.8 Å². The number of hydrogen-bond donors (Lipinski definition) is 2. The lowest BCUT2D eigenvalue weighted by molar-refractivity contribution is -0.141. The number of fused-ring (bicyclic) bond motifs is 1. The lowest BCUT2D eigenvalue weighted by Crippen LogP contribution is -2.51. The molecule has 5 rings (SSSR count). The van der Waals surface area contributed by atoms with Gasteiger partial charge < -0.3 is 9.80 Å². The lowest BCUT2D eigenvalue weighted by atomic mass is 9.85. The highest BCUT2D eigenvalue weighted by Crippen LogP contribution is 2.41. The first-order chi connectivity index (χ1) is 17.1. The van der Waals surface area contributed by atoms with Crippen LogP contribution in [0.3, 0.4) is 0 Å². The Morgan fingerprint density at radius 2 is 1.58 bits per heavy atom. The summed E-state index contributed by atoms with van der Waals surface area (Å²) in [4.78, 5) is 29.4. The summed E-state index contributed by atoms with van der Waals surface area (Å²) >= 11 is 0. The molecule has 2 N–H and O–H groups in total. The number of nitrogens with one attached hydrogen (secondary N) is 2. The van der Waals surface area contributed by atoms with Crippen molar-refractivity contribution in [3.05, 3.63) is 70.8 Å². The van der Waals surface area contributed by atoms with Gasteiger partial charge in [-0.2, -0.15) is 13.2 Å². The number of rotatable bonds is 3. The average Bonchev–Trinajstić information content (AvgIpc) is 3.46. The molecule has 0 spiro atoms. The van der Waals surface area contributed by atoms with Crippen molar-refractivity contribution in [1.29, 1.82) is 0 Å². The van der Waals surface area contributed by atoms with E-state index in [4.69, 9.17) is 0 Å². The summed E-state index contributed by atoms with van der Waals surface area (Å²) in [5.74, 6) is -4.51. The average molecular weight is 508 g/mol. The zero-order chi connectivity index (χ0) is 25.6. The number of piperidine rings is 1. The summed E-state index contributed by atoms with van der Waals surface area (Å²) in [5, 5.41) is 0. The summed E-state index contributed by atoms with van der Waals surface area (Å²) in [6.45, 7) is 1.24. The number of halogens is 5. The molecule has 36 heavy (non-hydrogen) atoms. The number of likely N-dealkylation sites (tertiary alicyclic amines) is 2. The Morgan fingerprint density at radius 3 is 2.25 bits per heavy atom. The first-order valence-electron chi connectivity index (χ1n) is 11.8. The maximum atomic E-state index is 14.0. The zero-order valence-electron chi connectivity index (χ0n) is 19.2. The molecule has 2 aromatic rings. The Hall–Kier alpha value is -3.05. The largest absolute Gasteiger partial charge is 0.419 e. The number of nitrogens with zero attached hydrogens (tertiary/aromatic N) is 2. The van der Waals surface area contributed by atoms with Crippen LogP contribution in [0, 0.1) is 17.6 Å². The Kier molecular flexibility index (Phi) is 6.46. The third-order valence-electron chi connectivity index (χ3n) is 7.45. The molecule has 2 amide bonds. The molecule has 0 saturated carbocycles. The highest BCUT2D eigenvalue weighted by molar-refractivity contribution is 5.94. The van der Waals surface area contributed by atoms with Crippen molar-refractivity contribution in [1.82, 2.24) is 20.7 Å². The van der Waals surface area contributed by atoms with Crippen molar-refractivity contribution in [2.45, 2.75) is 37.0 Å². The molecule has 11 heteroatoms. The van der Waals surface area contributed by atoms with Gasteiger partial charge in [0.25, 0.3) is 5.91 Å². The van der Waals surface area contributed by atoms with Crippen LogP contribution in [0.4, 0.5) is 22.0 Å². The van der Waals surface area contributed by atoms with Gasteiger partial charge in [0.05, 0.1) is 5.56 Å². The Bertz CT molecular complexity index is 1150. The van der Waals surface area contributed by atoms with Gasteiger partial charge in [0.15, 0.2) is 11.6 Å². The molecule has 0 aliphatic carbocycles. The standard InChI is InChI=1S/C25H25F5N4O2/c26-18-7-6-16(20(21(18)27)25(28,29)30)14-8-10-33(11-9-14)24(36)22-17-12-34(13-19(17)31-32-22)23(35)15-4-2-1-3-5-15/h1-7,14,17,19,22,31-32H,8-13H2. The fourth-order valence-electron chi connectivity index (χ4n) is 5.60. The van der Waals surface area contributed by atoms with Crippen LogP contribution >= 0.6 is 0 Å². The minimum atomic E-state index is -5.02. The topological polar surface area (TPSA) is 64.7 Å². The van der Waals surface area contributed by atoms with Crippen molar-refractivity contribution < 1.29 is 31.5 Å². The van der Waals surface area contributed by atoms with E-state index in [1.165, 1.54) is 0 Å². The molecule has 3 heterocycles. The van der Waals surface area contributed by atoms with Gasteiger partial charge in [0.2, 0.25) is 5.91 Å². The predicted octanol–water partition coefficient (Wildman–Crippen LogP) is 3.31. The Balaban J connectivity index is 1.23. The lowest BCUT2D eigenvalue weighted by Gasteiger charge is -2.35. The van der Waals surface area contributed by atoms with E-state index in [2.05, 4.69) is 10.9 Å². The van der Waals surface area contributed by atoms with E-state index in [-0.39, 0.29) is 55.3 Å². The van der Waals surface area contributed by atoms with Crippen LogP contribution in [-0.4, -0.2) is 59.9 Å². The number of hydrogen-bond acceptors (Lipinski definition) is 4. The smallest absolute Gasteiger partial charge is 0.341 e. The van der Waals surface area contributed by atoms with E-state index >= 15 is 0 Å². The van der Waals surface area contributed by atoms with Gasteiger partial charge in [0.1, 0.15) is 6.04 Å². The fraction of sp³-hybridized carbons (Fsp3) is 0.440. The summed E-state index contributed by atoms with van der Waals surface area (Å²) in [6, 6.07) is 9.93. The first kappa shape index (κ1) is 24.6. The van der Waals surface area contributed by atoms with E-state index in [1.54, 1.807) is 34.1 Å². The highest BCUT2D eigenvalue weighted by atomic mass is 19.4. The number of carbonyl (C=O) groups excluding carboxylic acids is 2. The Labute approximate surface area is 204 Å². The molecular weight excluding hydrogens is 483 g/mol. The second-order valence-electron chi connectivity index (χ2n) is 9.54. The normalized spacial score (nSPS) is 24.8. The number of benzene rings is 2. The molecule has 3 aliphatic rings. The van der Waals surface area contributed by atoms with Crippen LogP contribution in [-0.2, 0) is 11.0 Å². The van der Waals surface area contributed by atoms with Crippen LogP contribution in [0.25, 0.3) is 0 Å². The molecule has 0 radical (unpaired) electrons. The second kappa shape index (κ2) is 9.44. The third-order valence-corrected chi connectivity index (χ3v) is 7.45. The van der Waals surface area contributed by atoms with E-state index in [1.807, 2.05) is 6.07 Å². The number of hydrazine groups is 1. The van der Waals surface area contributed by atoms with Crippen LogP contribution in [0.5, 0.6) is 0 Å². The zero-order valence-corrected chi connectivity index (χ0v) is 19.2. The molecule has 3 saturated heterocycles. The quantitative estimate of drug-likeness (QED) is 0.625. The van der Waals surface area contributed by atoms with Crippen molar-refractivity contribution in [2.75, 3.05) is 26.2 Å². The van der Waals surface area contributed by atoms with E-state index in [0.29, 0.717) is 24.7 Å². The molecule has 3 atom stereocenters. The summed E-state index contributed by atoms with van der Waals surface area (Å²) < 4.78 is 67.9. The molecule has 3 unspecified atom stereocenters. The molecule has 3 aliphatic heterocycles. The number of amides is 2. The molecule has 6 nitrogen and oxygen atoms in total. The van der Waals surface area contributed by atoms with E-state index in [0.717, 1.165) is 6.07 Å². The van der Waals surface area contributed by atoms with E-state index in [9.17, 15) is 31.5 Å². The van der Waals surface area contributed by atoms with Crippen LogP contribution in [0.15, 0.2) is 42.5 Å². The van der Waals surface area contributed by atoms with Crippen LogP contribution in [0.1, 0.15) is 40.2 Å². The minimum Gasteiger partial charge on any atom is -0.341 e. The molecule has 0 bridgehead atoms. The number of carbonyl (C=O) groups is 2. The molecule has 2 aromatic carbocycles. The van der Waals surface area contributed by atoms with Gasteiger partial charge in [-0.1, -0.05) is 24.3 Å². The molecule has 3 fully saturated rings. The fourth-order valence-corrected chi connectivity index (χ4v) is 5.60. The SMILES string of the molecule is O=C(c1ccccc1)N1CC2NNC(C(=O)N3CCC(c4ccc(F)c(F)c4C(F)(F)F)CC3)C2C1. The maximum Gasteiger partial charge on any atom is 0.419 e. The van der Waals surface area contributed by atoms with Crippen LogP contribution < -0.4 is 10.9 Å². The summed E-state index contributed by atoms with van der Waals surface area (Å²) in [5.41, 5.74) is 4.86. The molecular formula is C25H25F5N4O2. The maximum absolute atomic E-state index is 14.0. The Morgan fingerprint density at radius 1 is 0.889 bits per heavy atom. The second-order valence-corrected chi connectivity index (χ2v) is 9.54. The number of alkyl halides is 3. The van der Waals surface area contributed by atoms with Gasteiger partial charge in [0, 0.05) is 43.7 Å². The van der Waals surface area contributed by atoms with Crippen molar-refractivity contribution in [2.24, 2.45) is 5.92 Å². The van der Waals surface area contributed by atoms with Gasteiger partial charge in [-0.15, -0.1) is 0 Å². The van der Waals surface area contributed by atoms with Gasteiger partial charge in [-0.05, 0) is 42.5 Å². The highest BCUT2D eigenvalue weighted by Gasteiger charge is 2.48. The third kappa shape index (κ3) is 4.45. The first-order valence-corrected chi connectivity index (χ1v) is 11.8. The van der Waals surface area contributed by atoms with Crippen molar-refractivity contribution in [3.8, 4) is 0 Å².